The topological polar surface area (TPSA) is 110 Å². The summed E-state index contributed by atoms with van der Waals surface area (Å²) in [6, 6.07) is 5.50. The minimum atomic E-state index is -1.03. The third-order valence-electron chi connectivity index (χ3n) is 6.70. The molecule has 0 radical (unpaired) electrons. The maximum atomic E-state index is 14.9. The van der Waals surface area contributed by atoms with Gasteiger partial charge in [0.1, 0.15) is 23.9 Å². The number of hydrogen-bond donors (Lipinski definition) is 2. The third-order valence-corrected chi connectivity index (χ3v) is 6.70. The fourth-order valence-electron chi connectivity index (χ4n) is 4.72. The van der Waals surface area contributed by atoms with Gasteiger partial charge >= 0.3 is 0 Å². The average Bonchev–Trinajstić information content (AvgIpc) is 3.43. The van der Waals surface area contributed by atoms with Gasteiger partial charge in [-0.05, 0) is 24.6 Å². The molecule has 0 aromatic carbocycles. The molecule has 6 heterocycles. The van der Waals surface area contributed by atoms with E-state index in [2.05, 4.69) is 40.9 Å². The molecule has 13 heteroatoms. The maximum Gasteiger partial charge on any atom is 0.243 e. The molecule has 6 rings (SSSR count). The molecule has 0 bridgehead atoms. The van der Waals surface area contributed by atoms with Gasteiger partial charge in [-0.15, -0.1) is 10.2 Å². The molecule has 2 atom stereocenters. The van der Waals surface area contributed by atoms with Crippen molar-refractivity contribution in [1.29, 1.82) is 0 Å². The largest absolute Gasteiger partial charge is 0.378 e. The molecule has 0 unspecified atom stereocenters. The van der Waals surface area contributed by atoms with Gasteiger partial charge in [0.15, 0.2) is 11.5 Å². The highest BCUT2D eigenvalue weighted by Gasteiger charge is 2.35. The number of anilines is 2. The molecule has 11 nitrogen and oxygen atoms in total. The molecule has 2 aliphatic rings. The highest BCUT2D eigenvalue weighted by Crippen LogP contribution is 2.30. The molecule has 2 fully saturated rings. The number of ether oxygens (including phenoxy) is 1. The zero-order valence-corrected chi connectivity index (χ0v) is 19.2. The number of alkyl halides is 2. The SMILES string of the molecule is CNc1nc(N[C@H]2CCN(C3COC3)C[C@H]2F)nn2ccc(-c3ccc4nnn(CCF)c4n3)c12. The van der Waals surface area contributed by atoms with Crippen molar-refractivity contribution in [3.63, 3.8) is 0 Å². The van der Waals surface area contributed by atoms with Crippen LogP contribution in [-0.2, 0) is 11.3 Å². The fraction of sp³-hybridized carbons (Fsp3) is 0.500. The summed E-state index contributed by atoms with van der Waals surface area (Å²) in [5.74, 6) is 0.935. The zero-order chi connectivity index (χ0) is 23.9. The summed E-state index contributed by atoms with van der Waals surface area (Å²) in [5.41, 5.74) is 3.30. The second-order valence-electron chi connectivity index (χ2n) is 8.84. The molecular formula is C22H26F2N10O. The Hall–Kier alpha value is -3.45. The first kappa shape index (κ1) is 22.0. The number of aryl methyl sites for hydroxylation is 1. The average molecular weight is 485 g/mol. The van der Waals surface area contributed by atoms with Crippen molar-refractivity contribution >= 4 is 28.4 Å². The number of halogens is 2. The Kier molecular flexibility index (Phi) is 5.65. The zero-order valence-electron chi connectivity index (χ0n) is 19.2. The Morgan fingerprint density at radius 2 is 2.09 bits per heavy atom. The second kappa shape index (κ2) is 8.96. The van der Waals surface area contributed by atoms with Crippen molar-refractivity contribution < 1.29 is 13.5 Å². The number of nitrogens with zero attached hydrogens (tertiary/aromatic N) is 8. The van der Waals surface area contributed by atoms with Crippen molar-refractivity contribution in [3.8, 4) is 11.3 Å². The van der Waals surface area contributed by atoms with Crippen LogP contribution >= 0.6 is 0 Å². The van der Waals surface area contributed by atoms with E-state index in [-0.39, 0.29) is 12.6 Å². The number of aromatic nitrogens is 7. The number of piperidine rings is 1. The van der Waals surface area contributed by atoms with Gasteiger partial charge < -0.3 is 15.4 Å². The van der Waals surface area contributed by atoms with Crippen LogP contribution in [0, 0.1) is 0 Å². The van der Waals surface area contributed by atoms with E-state index in [4.69, 9.17) is 4.74 Å². The standard InChI is InChI=1S/C22H26F2N10O/c1-25-20-19-14(16-2-3-18-21(26-16)34(9-6-23)31-29-18)4-8-33(19)30-22(28-20)27-17-5-7-32(10-15(17)24)13-11-35-12-13/h2-4,8,13,15,17H,5-7,9-12H2,1H3,(H2,25,27,28,30)/t15-,17+/m1/s1. The van der Waals surface area contributed by atoms with Crippen LogP contribution in [0.2, 0.25) is 0 Å². The summed E-state index contributed by atoms with van der Waals surface area (Å²) in [6.45, 7) is 2.09. The van der Waals surface area contributed by atoms with E-state index in [1.807, 2.05) is 24.4 Å². The Bertz CT molecular complexity index is 1350. The van der Waals surface area contributed by atoms with Gasteiger partial charge in [0.2, 0.25) is 5.95 Å². The van der Waals surface area contributed by atoms with Crippen LogP contribution in [-0.4, -0.2) is 97.8 Å². The van der Waals surface area contributed by atoms with E-state index in [9.17, 15) is 8.78 Å². The lowest BCUT2D eigenvalue weighted by Gasteiger charge is -2.42. The quantitative estimate of drug-likeness (QED) is 0.406. The maximum absolute atomic E-state index is 14.9. The summed E-state index contributed by atoms with van der Waals surface area (Å²) in [5, 5.41) is 18.9. The molecule has 35 heavy (non-hydrogen) atoms. The van der Waals surface area contributed by atoms with E-state index < -0.39 is 12.8 Å². The lowest BCUT2D eigenvalue weighted by Crippen LogP contribution is -2.57. The number of nitrogens with one attached hydrogen (secondary N) is 2. The van der Waals surface area contributed by atoms with Gasteiger partial charge in [0.25, 0.3) is 0 Å². The van der Waals surface area contributed by atoms with Gasteiger partial charge in [-0.3, -0.25) is 4.90 Å². The number of pyridine rings is 1. The van der Waals surface area contributed by atoms with Crippen molar-refractivity contribution in [2.75, 3.05) is 50.7 Å². The lowest BCUT2D eigenvalue weighted by molar-refractivity contribution is -0.0794. The second-order valence-corrected chi connectivity index (χ2v) is 8.84. The summed E-state index contributed by atoms with van der Waals surface area (Å²) in [6.07, 6.45) is 1.45. The predicted molar refractivity (Wildman–Crippen MR) is 126 cm³/mol. The Morgan fingerprint density at radius 1 is 1.20 bits per heavy atom. The molecule has 0 saturated carbocycles. The summed E-state index contributed by atoms with van der Waals surface area (Å²) >= 11 is 0. The van der Waals surface area contributed by atoms with Crippen molar-refractivity contribution in [2.45, 2.75) is 31.2 Å². The first-order chi connectivity index (χ1) is 17.1. The Labute approximate surface area is 199 Å². The van der Waals surface area contributed by atoms with Crippen LogP contribution < -0.4 is 10.6 Å². The van der Waals surface area contributed by atoms with Crippen LogP contribution in [0.25, 0.3) is 27.9 Å². The molecular weight excluding hydrogens is 458 g/mol. The lowest BCUT2D eigenvalue weighted by atomic mass is 10.0. The number of rotatable bonds is 7. The molecule has 2 N–H and O–H groups in total. The summed E-state index contributed by atoms with van der Waals surface area (Å²) in [4.78, 5) is 11.5. The molecule has 4 aromatic rings. The van der Waals surface area contributed by atoms with Gasteiger partial charge in [0.05, 0.1) is 37.5 Å². The third kappa shape index (κ3) is 3.93. The first-order valence-electron chi connectivity index (χ1n) is 11.7. The van der Waals surface area contributed by atoms with Crippen molar-refractivity contribution in [1.82, 2.24) is 39.5 Å². The van der Waals surface area contributed by atoms with E-state index >= 15 is 0 Å². The van der Waals surface area contributed by atoms with Crippen LogP contribution in [0.15, 0.2) is 24.4 Å². The number of hydrogen-bond acceptors (Lipinski definition) is 9. The van der Waals surface area contributed by atoms with Crippen LogP contribution in [0.1, 0.15) is 6.42 Å². The smallest absolute Gasteiger partial charge is 0.243 e. The van der Waals surface area contributed by atoms with Gasteiger partial charge in [-0.25, -0.2) is 23.0 Å². The molecule has 0 aliphatic carbocycles. The molecule has 0 spiro atoms. The minimum absolute atomic E-state index is 0.0896. The van der Waals surface area contributed by atoms with E-state index in [0.29, 0.717) is 60.8 Å². The predicted octanol–water partition coefficient (Wildman–Crippen LogP) is 1.77. The first-order valence-corrected chi connectivity index (χ1v) is 11.7. The van der Waals surface area contributed by atoms with Gasteiger partial charge in [0, 0.05) is 31.9 Å². The van der Waals surface area contributed by atoms with Crippen LogP contribution in [0.3, 0.4) is 0 Å². The summed E-state index contributed by atoms with van der Waals surface area (Å²) in [7, 11) is 1.77. The van der Waals surface area contributed by atoms with Crippen molar-refractivity contribution in [3.05, 3.63) is 24.4 Å². The molecule has 0 amide bonds. The van der Waals surface area contributed by atoms with Gasteiger partial charge in [-0.2, -0.15) is 4.98 Å². The molecule has 2 saturated heterocycles. The fourth-order valence-corrected chi connectivity index (χ4v) is 4.72. The van der Waals surface area contributed by atoms with E-state index in [0.717, 1.165) is 17.6 Å². The highest BCUT2D eigenvalue weighted by atomic mass is 19.1. The van der Waals surface area contributed by atoms with Crippen molar-refractivity contribution in [2.24, 2.45) is 0 Å². The molecule has 2 aliphatic heterocycles. The van der Waals surface area contributed by atoms with Gasteiger partial charge in [-0.1, -0.05) is 5.21 Å². The summed E-state index contributed by atoms with van der Waals surface area (Å²) < 4.78 is 36.2. The monoisotopic (exact) mass is 484 g/mol. The Morgan fingerprint density at radius 3 is 2.83 bits per heavy atom. The minimum Gasteiger partial charge on any atom is -0.378 e. The molecule has 184 valence electrons. The van der Waals surface area contributed by atoms with E-state index in [1.54, 1.807) is 11.6 Å². The number of likely N-dealkylation sites (tertiary alicyclic amines) is 1. The van der Waals surface area contributed by atoms with Crippen LogP contribution in [0.5, 0.6) is 0 Å². The number of fused-ring (bicyclic) bond motifs is 2. The van der Waals surface area contributed by atoms with Crippen LogP contribution in [0.4, 0.5) is 20.5 Å². The highest BCUT2D eigenvalue weighted by molar-refractivity contribution is 5.89. The normalized spacial score (nSPS) is 21.5. The molecule has 4 aromatic heterocycles. The van der Waals surface area contributed by atoms with E-state index in [1.165, 1.54) is 4.68 Å². The Balaban J connectivity index is 1.28.